The van der Waals surface area contributed by atoms with Crippen LogP contribution in [0.3, 0.4) is 0 Å². The third-order valence-electron chi connectivity index (χ3n) is 1.75. The molecule has 0 saturated carbocycles. The van der Waals surface area contributed by atoms with E-state index in [1.165, 1.54) is 7.11 Å². The summed E-state index contributed by atoms with van der Waals surface area (Å²) in [6.45, 7) is 0. The molecule has 0 aliphatic carbocycles. The van der Waals surface area contributed by atoms with Gasteiger partial charge in [-0.25, -0.2) is 4.79 Å². The van der Waals surface area contributed by atoms with Crippen LogP contribution < -0.4 is 0 Å². The van der Waals surface area contributed by atoms with Gasteiger partial charge in [0.25, 0.3) is 5.76 Å². The van der Waals surface area contributed by atoms with Crippen molar-refractivity contribution in [2.24, 2.45) is 0 Å². The zero-order valence-corrected chi connectivity index (χ0v) is 7.52. The first kappa shape index (κ1) is 8.77. The van der Waals surface area contributed by atoms with Crippen molar-refractivity contribution in [3.8, 4) is 0 Å². The second-order valence-electron chi connectivity index (χ2n) is 2.66. The standard InChI is InChI=1S/C10H8O4/c1-12-14-10(11)9-8(13-9)7-5-3-2-4-6-7/h2-6H,1H3. The van der Waals surface area contributed by atoms with E-state index in [-0.39, 0.29) is 5.76 Å². The number of hydrogen-bond donors (Lipinski definition) is 0. The maximum atomic E-state index is 11.1. The highest BCUT2D eigenvalue weighted by atomic mass is 17.2. The predicted molar refractivity (Wildman–Crippen MR) is 47.5 cm³/mol. The molecule has 14 heavy (non-hydrogen) atoms. The smallest absolute Gasteiger partial charge is 0.411 e. The van der Waals surface area contributed by atoms with Crippen molar-refractivity contribution in [2.45, 2.75) is 0 Å². The van der Waals surface area contributed by atoms with E-state index in [2.05, 4.69) is 9.78 Å². The maximum absolute atomic E-state index is 11.1. The minimum absolute atomic E-state index is 0.207. The second-order valence-corrected chi connectivity index (χ2v) is 2.66. The summed E-state index contributed by atoms with van der Waals surface area (Å²) in [4.78, 5) is 19.6. The lowest BCUT2D eigenvalue weighted by molar-refractivity contribution is -0.251. The number of hydrogen-bond acceptors (Lipinski definition) is 4. The molecule has 2 rings (SSSR count). The summed E-state index contributed by atoms with van der Waals surface area (Å²) in [6, 6.07) is 9.32. The van der Waals surface area contributed by atoms with Crippen LogP contribution >= 0.6 is 0 Å². The molecule has 0 atom stereocenters. The van der Waals surface area contributed by atoms with E-state index < -0.39 is 5.97 Å². The molecule has 0 bridgehead atoms. The van der Waals surface area contributed by atoms with Gasteiger partial charge in [0, 0.05) is 5.56 Å². The first-order valence-electron chi connectivity index (χ1n) is 4.05. The quantitative estimate of drug-likeness (QED) is 0.537. The minimum atomic E-state index is -0.605. The van der Waals surface area contributed by atoms with E-state index in [9.17, 15) is 4.79 Å². The fraction of sp³-hybridized carbons (Fsp3) is 0.100. The van der Waals surface area contributed by atoms with E-state index in [0.29, 0.717) is 5.76 Å². The van der Waals surface area contributed by atoms with Gasteiger partial charge in [-0.15, -0.1) is 0 Å². The van der Waals surface area contributed by atoms with Gasteiger partial charge in [0.1, 0.15) is 0 Å². The molecule has 1 aliphatic rings. The van der Waals surface area contributed by atoms with Gasteiger partial charge in [0.15, 0.2) is 5.76 Å². The largest absolute Gasteiger partial charge is 0.441 e. The van der Waals surface area contributed by atoms with Crippen LogP contribution in [-0.2, 0) is 19.3 Å². The van der Waals surface area contributed by atoms with Crippen molar-refractivity contribution in [3.05, 3.63) is 41.7 Å². The van der Waals surface area contributed by atoms with Crippen molar-refractivity contribution in [1.82, 2.24) is 0 Å². The van der Waals surface area contributed by atoms with Crippen LogP contribution in [0, 0.1) is 0 Å². The average Bonchev–Trinajstić information content (AvgIpc) is 2.99. The Labute approximate surface area is 80.6 Å². The molecule has 1 heterocycles. The van der Waals surface area contributed by atoms with E-state index in [0.717, 1.165) is 5.56 Å². The molecule has 4 nitrogen and oxygen atoms in total. The normalized spacial score (nSPS) is 13.5. The van der Waals surface area contributed by atoms with E-state index >= 15 is 0 Å². The summed E-state index contributed by atoms with van der Waals surface area (Å²) in [5.41, 5.74) is 0.857. The third kappa shape index (κ3) is 1.60. The topological polar surface area (TPSA) is 48.1 Å². The van der Waals surface area contributed by atoms with Crippen molar-refractivity contribution in [2.75, 3.05) is 7.11 Å². The van der Waals surface area contributed by atoms with Gasteiger partial charge in [-0.1, -0.05) is 30.3 Å². The molecule has 0 radical (unpaired) electrons. The van der Waals surface area contributed by atoms with Crippen LogP contribution in [0.1, 0.15) is 5.56 Å². The summed E-state index contributed by atoms with van der Waals surface area (Å²) >= 11 is 0. The van der Waals surface area contributed by atoms with Gasteiger partial charge in [-0.05, 0) is 0 Å². The number of rotatable bonds is 3. The van der Waals surface area contributed by atoms with Crippen molar-refractivity contribution >= 4 is 11.7 Å². The van der Waals surface area contributed by atoms with Gasteiger partial charge in [0.2, 0.25) is 0 Å². The maximum Gasteiger partial charge on any atom is 0.411 e. The Morgan fingerprint density at radius 3 is 2.64 bits per heavy atom. The lowest BCUT2D eigenvalue weighted by Gasteiger charge is -1.89. The second kappa shape index (κ2) is 3.51. The molecule has 0 aromatic heterocycles. The fourth-order valence-electron chi connectivity index (χ4n) is 1.10. The molecule has 72 valence electrons. The Kier molecular flexibility index (Phi) is 2.20. The molecular formula is C10H8O4. The van der Waals surface area contributed by atoms with Gasteiger partial charge in [0.05, 0.1) is 7.11 Å². The van der Waals surface area contributed by atoms with Crippen LogP contribution in [-0.4, -0.2) is 13.1 Å². The Hall–Kier alpha value is -1.81. The van der Waals surface area contributed by atoms with Crippen molar-refractivity contribution < 1.29 is 19.3 Å². The monoisotopic (exact) mass is 192 g/mol. The molecule has 0 unspecified atom stereocenters. The molecule has 1 aliphatic heterocycles. The molecule has 4 heteroatoms. The molecule has 1 aromatic rings. The Morgan fingerprint density at radius 1 is 1.29 bits per heavy atom. The zero-order valence-electron chi connectivity index (χ0n) is 7.52. The molecule has 1 aromatic carbocycles. The third-order valence-corrected chi connectivity index (χ3v) is 1.75. The predicted octanol–water partition coefficient (Wildman–Crippen LogP) is 1.49. The number of carbonyl (C=O) groups excluding carboxylic acids is 1. The molecule has 0 saturated heterocycles. The highest BCUT2D eigenvalue weighted by Gasteiger charge is 2.35. The van der Waals surface area contributed by atoms with Crippen LogP contribution in [0.2, 0.25) is 0 Å². The van der Waals surface area contributed by atoms with E-state index in [1.54, 1.807) is 0 Å². The molecule has 0 spiro atoms. The summed E-state index contributed by atoms with van der Waals surface area (Å²) < 4.78 is 5.00. The number of ether oxygens (including phenoxy) is 1. The highest BCUT2D eigenvalue weighted by Crippen LogP contribution is 2.36. The number of carbonyl (C=O) groups is 1. The van der Waals surface area contributed by atoms with Crippen LogP contribution in [0.15, 0.2) is 36.1 Å². The zero-order chi connectivity index (χ0) is 9.97. The van der Waals surface area contributed by atoms with Crippen molar-refractivity contribution in [1.29, 1.82) is 0 Å². The fourth-order valence-corrected chi connectivity index (χ4v) is 1.10. The number of benzene rings is 1. The Balaban J connectivity index is 2.13. The van der Waals surface area contributed by atoms with E-state index in [1.807, 2.05) is 30.3 Å². The van der Waals surface area contributed by atoms with E-state index in [4.69, 9.17) is 4.74 Å². The SMILES string of the molecule is COOC(=O)C1=C(c2ccccc2)O1. The lowest BCUT2D eigenvalue weighted by Crippen LogP contribution is -2.00. The van der Waals surface area contributed by atoms with Gasteiger partial charge in [-0.3, -0.25) is 4.89 Å². The lowest BCUT2D eigenvalue weighted by atomic mass is 10.2. The summed E-state index contributed by atoms with van der Waals surface area (Å²) in [5, 5.41) is 0. The molecule has 0 fully saturated rings. The van der Waals surface area contributed by atoms with Crippen LogP contribution in [0.4, 0.5) is 0 Å². The summed E-state index contributed by atoms with van der Waals surface area (Å²) in [7, 11) is 1.27. The highest BCUT2D eigenvalue weighted by molar-refractivity contribution is 6.00. The Bertz CT molecular complexity index is 380. The summed E-state index contributed by atoms with van der Waals surface area (Å²) in [6.07, 6.45) is 0. The van der Waals surface area contributed by atoms with Gasteiger partial charge in [-0.2, -0.15) is 4.89 Å². The van der Waals surface area contributed by atoms with Crippen LogP contribution in [0.5, 0.6) is 0 Å². The molecular weight excluding hydrogens is 184 g/mol. The first-order valence-corrected chi connectivity index (χ1v) is 4.05. The summed E-state index contributed by atoms with van der Waals surface area (Å²) in [5.74, 6) is 0.150. The Morgan fingerprint density at radius 2 is 2.00 bits per heavy atom. The minimum Gasteiger partial charge on any atom is -0.441 e. The van der Waals surface area contributed by atoms with Gasteiger partial charge >= 0.3 is 5.97 Å². The molecule has 0 N–H and O–H groups in total. The van der Waals surface area contributed by atoms with Crippen LogP contribution in [0.25, 0.3) is 5.76 Å². The molecule has 0 amide bonds. The average molecular weight is 192 g/mol. The van der Waals surface area contributed by atoms with Crippen molar-refractivity contribution in [3.63, 3.8) is 0 Å². The first-order chi connectivity index (χ1) is 6.83. The van der Waals surface area contributed by atoms with Gasteiger partial charge < -0.3 is 4.74 Å².